The molecule has 2 atom stereocenters. The molecule has 1 saturated heterocycles. The molecule has 0 spiro atoms. The summed E-state index contributed by atoms with van der Waals surface area (Å²) in [4.78, 5) is 33.9. The number of fused-ring (bicyclic) bond motifs is 1. The van der Waals surface area contributed by atoms with E-state index in [0.29, 0.717) is 25.1 Å². The maximum atomic E-state index is 13.7. The van der Waals surface area contributed by atoms with Gasteiger partial charge < -0.3 is 20.9 Å². The topological polar surface area (TPSA) is 86.4 Å². The number of amides is 2. The van der Waals surface area contributed by atoms with Crippen LogP contribution in [0.4, 0.5) is 0 Å². The highest BCUT2D eigenvalue weighted by molar-refractivity contribution is 5.97. The number of rotatable bonds is 13. The van der Waals surface area contributed by atoms with Crippen molar-refractivity contribution in [2.75, 3.05) is 19.6 Å². The Morgan fingerprint density at radius 2 is 1.57 bits per heavy atom. The van der Waals surface area contributed by atoms with Crippen LogP contribution in [0.15, 0.2) is 91.1 Å². The summed E-state index contributed by atoms with van der Waals surface area (Å²) in [6.45, 7) is 6.53. The second-order valence-electron chi connectivity index (χ2n) is 11.8. The maximum absolute atomic E-state index is 13.7. The molecule has 0 saturated carbocycles. The van der Waals surface area contributed by atoms with Gasteiger partial charge in [0.1, 0.15) is 6.04 Å². The maximum Gasteiger partial charge on any atom is 0.251 e. The van der Waals surface area contributed by atoms with Crippen molar-refractivity contribution < 1.29 is 9.59 Å². The van der Waals surface area contributed by atoms with Crippen molar-refractivity contribution >= 4 is 22.6 Å². The molecule has 7 nitrogen and oxygen atoms in total. The van der Waals surface area contributed by atoms with E-state index in [9.17, 15) is 9.59 Å². The first-order chi connectivity index (χ1) is 21.6. The number of aromatic nitrogens is 1. The predicted molar refractivity (Wildman–Crippen MR) is 177 cm³/mol. The number of carbonyl (C=O) groups excluding carboxylic acids is 2. The van der Waals surface area contributed by atoms with E-state index >= 15 is 0 Å². The summed E-state index contributed by atoms with van der Waals surface area (Å²) in [5.41, 5.74) is 3.68. The summed E-state index contributed by atoms with van der Waals surface area (Å²) in [6, 6.07) is 27.0. The molecule has 1 aliphatic heterocycles. The Labute approximate surface area is 261 Å². The van der Waals surface area contributed by atoms with Crippen LogP contribution in [-0.2, 0) is 17.9 Å². The van der Waals surface area contributed by atoms with Crippen molar-refractivity contribution in [3.63, 3.8) is 0 Å². The van der Waals surface area contributed by atoms with Crippen LogP contribution in [0, 0.1) is 0 Å². The van der Waals surface area contributed by atoms with Crippen LogP contribution in [0.3, 0.4) is 0 Å². The summed E-state index contributed by atoms with van der Waals surface area (Å²) in [5, 5.41) is 11.9. The average molecular weight is 592 g/mol. The monoisotopic (exact) mass is 591 g/mol. The lowest BCUT2D eigenvalue weighted by Crippen LogP contribution is -2.47. The molecule has 3 aromatic carbocycles. The van der Waals surface area contributed by atoms with Gasteiger partial charge in [0.2, 0.25) is 5.91 Å². The van der Waals surface area contributed by atoms with Gasteiger partial charge in [-0.05, 0) is 98.4 Å². The minimum atomic E-state index is -0.619. The van der Waals surface area contributed by atoms with E-state index in [2.05, 4.69) is 50.1 Å². The fourth-order valence-corrected chi connectivity index (χ4v) is 6.02. The zero-order chi connectivity index (χ0) is 30.6. The van der Waals surface area contributed by atoms with Gasteiger partial charge in [-0.2, -0.15) is 0 Å². The molecule has 7 heteroatoms. The Bertz CT molecular complexity index is 1480. The van der Waals surface area contributed by atoms with E-state index < -0.39 is 6.04 Å². The van der Waals surface area contributed by atoms with Gasteiger partial charge in [-0.25, -0.2) is 0 Å². The van der Waals surface area contributed by atoms with Gasteiger partial charge in [0, 0.05) is 24.8 Å². The van der Waals surface area contributed by atoms with Crippen LogP contribution in [-0.4, -0.2) is 47.4 Å². The van der Waals surface area contributed by atoms with E-state index in [1.165, 1.54) is 25.7 Å². The summed E-state index contributed by atoms with van der Waals surface area (Å²) < 4.78 is 0. The number of pyridine rings is 1. The number of hydrogen-bond donors (Lipinski definition) is 3. The number of likely N-dealkylation sites (tertiary alicyclic amines) is 1. The van der Waals surface area contributed by atoms with Crippen molar-refractivity contribution in [1.29, 1.82) is 0 Å². The highest BCUT2D eigenvalue weighted by Gasteiger charge is 2.24. The predicted octanol–water partition coefficient (Wildman–Crippen LogP) is 6.16. The van der Waals surface area contributed by atoms with Crippen LogP contribution in [0.1, 0.15) is 78.7 Å². The summed E-state index contributed by atoms with van der Waals surface area (Å²) in [6.07, 6.45) is 8.28. The van der Waals surface area contributed by atoms with Gasteiger partial charge in [-0.15, -0.1) is 0 Å². The molecule has 2 heterocycles. The highest BCUT2D eigenvalue weighted by atomic mass is 16.2. The number of nitrogens with one attached hydrogen (secondary N) is 3. The summed E-state index contributed by atoms with van der Waals surface area (Å²) in [7, 11) is 0. The van der Waals surface area contributed by atoms with Crippen molar-refractivity contribution in [2.24, 2.45) is 0 Å². The molecular weight excluding hydrogens is 546 g/mol. The lowest BCUT2D eigenvalue weighted by molar-refractivity contribution is -0.123. The molecule has 0 aliphatic carbocycles. The third-order valence-electron chi connectivity index (χ3n) is 8.51. The molecule has 0 unspecified atom stereocenters. The van der Waals surface area contributed by atoms with E-state index in [1.54, 1.807) is 6.20 Å². The Hall–Kier alpha value is -4.07. The van der Waals surface area contributed by atoms with E-state index in [4.69, 9.17) is 0 Å². The van der Waals surface area contributed by atoms with Crippen LogP contribution in [0.25, 0.3) is 10.8 Å². The molecule has 1 aromatic heterocycles. The zero-order valence-corrected chi connectivity index (χ0v) is 25.8. The van der Waals surface area contributed by atoms with Gasteiger partial charge >= 0.3 is 0 Å². The van der Waals surface area contributed by atoms with E-state index in [1.807, 2.05) is 67.6 Å². The first kappa shape index (κ1) is 31.4. The van der Waals surface area contributed by atoms with Crippen LogP contribution in [0.5, 0.6) is 0 Å². The third kappa shape index (κ3) is 8.97. The van der Waals surface area contributed by atoms with E-state index in [-0.39, 0.29) is 17.9 Å². The smallest absolute Gasteiger partial charge is 0.251 e. The van der Waals surface area contributed by atoms with Crippen molar-refractivity contribution in [3.8, 4) is 0 Å². The first-order valence-electron chi connectivity index (χ1n) is 16.1. The van der Waals surface area contributed by atoms with Crippen molar-refractivity contribution in [3.05, 3.63) is 114 Å². The second-order valence-corrected chi connectivity index (χ2v) is 11.8. The quantitative estimate of drug-likeness (QED) is 0.174. The zero-order valence-electron chi connectivity index (χ0n) is 25.8. The SMILES string of the molecule is C[C@H](NC(=O)[C@H](CCCN1CCCCCC1)NC(=O)c1ccc(CNCc2ccccn2)cc1)c1cccc2ccccc12. The molecule has 3 N–H and O–H groups in total. The minimum absolute atomic E-state index is 0.148. The van der Waals surface area contributed by atoms with Crippen LogP contribution >= 0.6 is 0 Å². The summed E-state index contributed by atoms with van der Waals surface area (Å²) in [5.74, 6) is -0.379. The van der Waals surface area contributed by atoms with Gasteiger partial charge in [0.15, 0.2) is 0 Å². The Kier molecular flexibility index (Phi) is 11.5. The van der Waals surface area contributed by atoms with E-state index in [0.717, 1.165) is 53.6 Å². The van der Waals surface area contributed by atoms with Gasteiger partial charge in [-0.3, -0.25) is 14.6 Å². The largest absolute Gasteiger partial charge is 0.348 e. The molecule has 5 rings (SSSR count). The number of nitrogens with zero attached hydrogens (tertiary/aromatic N) is 2. The Balaban J connectivity index is 1.21. The molecule has 0 bridgehead atoms. The lowest BCUT2D eigenvalue weighted by Gasteiger charge is -2.24. The molecule has 0 radical (unpaired) electrons. The minimum Gasteiger partial charge on any atom is -0.348 e. The highest BCUT2D eigenvalue weighted by Crippen LogP contribution is 2.24. The number of carbonyl (C=O) groups is 2. The third-order valence-corrected chi connectivity index (χ3v) is 8.51. The molecular formula is C37H45N5O2. The fraction of sp³-hybridized carbons (Fsp3) is 0.378. The Morgan fingerprint density at radius 3 is 2.34 bits per heavy atom. The molecule has 2 amide bonds. The molecule has 44 heavy (non-hydrogen) atoms. The first-order valence-corrected chi connectivity index (χ1v) is 16.1. The summed E-state index contributed by atoms with van der Waals surface area (Å²) >= 11 is 0. The fourth-order valence-electron chi connectivity index (χ4n) is 6.02. The molecule has 1 fully saturated rings. The normalized spacial score (nSPS) is 15.3. The Morgan fingerprint density at radius 1 is 0.818 bits per heavy atom. The average Bonchev–Trinajstić information content (AvgIpc) is 3.33. The number of hydrogen-bond acceptors (Lipinski definition) is 5. The standard InChI is InChI=1S/C37H45N5O2/c1-28(33-16-10-13-30-12-4-5-15-34(30)33)40-37(44)35(17-11-25-42-23-8-2-3-9-24-42)41-36(43)31-20-18-29(19-21-31)26-38-27-32-14-6-7-22-39-32/h4-7,10,12-16,18-22,28,35,38H,2-3,8-9,11,17,23-27H2,1H3,(H,40,44)(H,41,43)/t28-,35-/m0/s1. The molecule has 230 valence electrons. The van der Waals surface area contributed by atoms with Crippen molar-refractivity contribution in [1.82, 2.24) is 25.8 Å². The van der Waals surface area contributed by atoms with Gasteiger partial charge in [0.25, 0.3) is 5.91 Å². The van der Waals surface area contributed by atoms with Gasteiger partial charge in [0.05, 0.1) is 11.7 Å². The number of benzene rings is 3. The second kappa shape index (κ2) is 16.1. The molecule has 1 aliphatic rings. The van der Waals surface area contributed by atoms with Crippen molar-refractivity contribution in [2.45, 2.75) is 70.6 Å². The lowest BCUT2D eigenvalue weighted by atomic mass is 9.99. The van der Waals surface area contributed by atoms with Crippen LogP contribution in [0.2, 0.25) is 0 Å². The van der Waals surface area contributed by atoms with Gasteiger partial charge in [-0.1, -0.05) is 73.5 Å². The van der Waals surface area contributed by atoms with Crippen LogP contribution < -0.4 is 16.0 Å². The molecule has 4 aromatic rings.